The van der Waals surface area contributed by atoms with Gasteiger partial charge in [0.2, 0.25) is 5.91 Å². The highest BCUT2D eigenvalue weighted by Crippen LogP contribution is 2.21. The molecule has 0 saturated heterocycles. The van der Waals surface area contributed by atoms with Crippen molar-refractivity contribution in [2.24, 2.45) is 11.7 Å². The maximum absolute atomic E-state index is 11.8. The lowest BCUT2D eigenvalue weighted by molar-refractivity contribution is -0.119. The van der Waals surface area contributed by atoms with Gasteiger partial charge in [-0.05, 0) is 24.5 Å². The number of para-hydroxylation sites is 1. The van der Waals surface area contributed by atoms with Crippen molar-refractivity contribution in [3.63, 3.8) is 0 Å². The summed E-state index contributed by atoms with van der Waals surface area (Å²) in [5.41, 5.74) is 8.67. The van der Waals surface area contributed by atoms with E-state index in [-0.39, 0.29) is 11.8 Å². The molecule has 1 aromatic carbocycles. The lowest BCUT2D eigenvalue weighted by atomic mass is 10.0. The number of nitrogens with one attached hydrogen (secondary N) is 1. The average Bonchev–Trinajstić information content (AvgIpc) is 2.30. The van der Waals surface area contributed by atoms with Crippen LogP contribution in [0.3, 0.4) is 0 Å². The molecule has 1 aromatic rings. The molecule has 0 bridgehead atoms. The number of anilines is 1. The maximum Gasteiger partial charge on any atom is 0.228 e. The van der Waals surface area contributed by atoms with Gasteiger partial charge in [0, 0.05) is 18.2 Å². The first-order valence-corrected chi connectivity index (χ1v) is 5.69. The molecule has 0 spiro atoms. The molecule has 88 valence electrons. The third-order valence-corrected chi connectivity index (χ3v) is 2.79. The smallest absolute Gasteiger partial charge is 0.228 e. The Balaban J connectivity index is 2.92. The van der Waals surface area contributed by atoms with Crippen LogP contribution >= 0.6 is 0 Å². The number of benzene rings is 1. The van der Waals surface area contributed by atoms with Crippen molar-refractivity contribution in [3.05, 3.63) is 29.3 Å². The zero-order chi connectivity index (χ0) is 12.1. The first kappa shape index (κ1) is 12.7. The van der Waals surface area contributed by atoms with E-state index in [1.54, 1.807) is 0 Å². The second kappa shape index (κ2) is 5.66. The summed E-state index contributed by atoms with van der Waals surface area (Å²) >= 11 is 0. The van der Waals surface area contributed by atoms with Crippen molar-refractivity contribution in [3.8, 4) is 0 Å². The second-order valence-electron chi connectivity index (χ2n) is 4.09. The van der Waals surface area contributed by atoms with Crippen LogP contribution in [0.15, 0.2) is 18.2 Å². The van der Waals surface area contributed by atoms with Crippen LogP contribution in [0.5, 0.6) is 0 Å². The van der Waals surface area contributed by atoms with E-state index in [1.807, 2.05) is 32.0 Å². The van der Waals surface area contributed by atoms with Crippen LogP contribution in [0, 0.1) is 12.8 Å². The summed E-state index contributed by atoms with van der Waals surface area (Å²) in [5, 5.41) is 2.96. The molecule has 0 heterocycles. The highest BCUT2D eigenvalue weighted by molar-refractivity contribution is 5.94. The first-order valence-electron chi connectivity index (χ1n) is 5.69. The molecule has 1 atom stereocenters. The molecule has 0 aliphatic heterocycles. The summed E-state index contributed by atoms with van der Waals surface area (Å²) in [5.74, 6) is -0.157. The van der Waals surface area contributed by atoms with Gasteiger partial charge in [-0.25, -0.2) is 0 Å². The molecule has 0 radical (unpaired) electrons. The van der Waals surface area contributed by atoms with Crippen LogP contribution in [0.25, 0.3) is 0 Å². The van der Waals surface area contributed by atoms with Gasteiger partial charge in [-0.2, -0.15) is 0 Å². The number of amides is 1. The predicted molar refractivity (Wildman–Crippen MR) is 67.4 cm³/mol. The largest absolute Gasteiger partial charge is 0.330 e. The predicted octanol–water partition coefficient (Wildman–Crippen LogP) is 2.09. The van der Waals surface area contributed by atoms with E-state index in [2.05, 4.69) is 12.2 Å². The van der Waals surface area contributed by atoms with Gasteiger partial charge in [0.25, 0.3) is 0 Å². The van der Waals surface area contributed by atoms with Crippen molar-refractivity contribution in [2.45, 2.75) is 27.2 Å². The maximum atomic E-state index is 11.8. The van der Waals surface area contributed by atoms with Gasteiger partial charge in [-0.15, -0.1) is 0 Å². The third kappa shape index (κ3) is 2.83. The number of hydrogen-bond acceptors (Lipinski definition) is 2. The van der Waals surface area contributed by atoms with Crippen LogP contribution < -0.4 is 11.1 Å². The Bertz CT molecular complexity index is 374. The quantitative estimate of drug-likeness (QED) is 0.816. The van der Waals surface area contributed by atoms with Crippen LogP contribution in [0.4, 0.5) is 5.69 Å². The molecule has 0 fully saturated rings. The molecule has 0 saturated carbocycles. The molecule has 1 unspecified atom stereocenters. The van der Waals surface area contributed by atoms with Gasteiger partial charge in [0.05, 0.1) is 0 Å². The first-order chi connectivity index (χ1) is 7.60. The van der Waals surface area contributed by atoms with Gasteiger partial charge in [-0.3, -0.25) is 4.79 Å². The van der Waals surface area contributed by atoms with E-state index in [9.17, 15) is 4.79 Å². The van der Waals surface area contributed by atoms with Crippen LogP contribution in [-0.2, 0) is 11.2 Å². The Labute approximate surface area is 97.0 Å². The number of carbonyl (C=O) groups excluding carboxylic acids is 1. The lowest BCUT2D eigenvalue weighted by Gasteiger charge is -2.15. The van der Waals surface area contributed by atoms with Crippen molar-refractivity contribution in [1.82, 2.24) is 0 Å². The summed E-state index contributed by atoms with van der Waals surface area (Å²) in [4.78, 5) is 11.8. The number of hydrogen-bond donors (Lipinski definition) is 2. The molecule has 0 aliphatic rings. The lowest BCUT2D eigenvalue weighted by Crippen LogP contribution is -2.27. The zero-order valence-electron chi connectivity index (χ0n) is 10.2. The molecular weight excluding hydrogens is 200 g/mol. The van der Waals surface area contributed by atoms with Gasteiger partial charge < -0.3 is 11.1 Å². The van der Waals surface area contributed by atoms with Crippen molar-refractivity contribution in [2.75, 3.05) is 11.9 Å². The van der Waals surface area contributed by atoms with E-state index < -0.39 is 0 Å². The summed E-state index contributed by atoms with van der Waals surface area (Å²) < 4.78 is 0. The fourth-order valence-electron chi connectivity index (χ4n) is 1.56. The van der Waals surface area contributed by atoms with Crippen molar-refractivity contribution >= 4 is 11.6 Å². The fourth-order valence-corrected chi connectivity index (χ4v) is 1.56. The molecular formula is C13H20N2O. The number of nitrogens with two attached hydrogens (primary N) is 1. The van der Waals surface area contributed by atoms with Gasteiger partial charge in [-0.1, -0.05) is 32.0 Å². The SMILES string of the molecule is CCc1cccc(C)c1NC(=O)C(C)CN. The van der Waals surface area contributed by atoms with Gasteiger partial charge in [0.1, 0.15) is 0 Å². The zero-order valence-corrected chi connectivity index (χ0v) is 10.2. The molecule has 0 aromatic heterocycles. The Kier molecular flexibility index (Phi) is 4.50. The molecule has 3 N–H and O–H groups in total. The van der Waals surface area contributed by atoms with Crippen molar-refractivity contribution < 1.29 is 4.79 Å². The number of rotatable bonds is 4. The average molecular weight is 220 g/mol. The van der Waals surface area contributed by atoms with Gasteiger partial charge >= 0.3 is 0 Å². The van der Waals surface area contributed by atoms with E-state index in [4.69, 9.17) is 5.73 Å². The summed E-state index contributed by atoms with van der Waals surface area (Å²) in [7, 11) is 0. The normalized spacial score (nSPS) is 12.2. The molecule has 3 heteroatoms. The van der Waals surface area contributed by atoms with E-state index >= 15 is 0 Å². The van der Waals surface area contributed by atoms with Crippen LogP contribution in [-0.4, -0.2) is 12.5 Å². The van der Waals surface area contributed by atoms with E-state index in [1.165, 1.54) is 0 Å². The molecule has 16 heavy (non-hydrogen) atoms. The number of carbonyl (C=O) groups is 1. The van der Waals surface area contributed by atoms with Crippen LogP contribution in [0.1, 0.15) is 25.0 Å². The molecule has 1 amide bonds. The van der Waals surface area contributed by atoms with Gasteiger partial charge in [0.15, 0.2) is 0 Å². The Hall–Kier alpha value is -1.35. The molecule has 1 rings (SSSR count). The summed E-state index contributed by atoms with van der Waals surface area (Å²) in [6, 6.07) is 6.05. The van der Waals surface area contributed by atoms with E-state index in [0.29, 0.717) is 6.54 Å². The fraction of sp³-hybridized carbons (Fsp3) is 0.462. The Morgan fingerprint density at radius 1 is 1.50 bits per heavy atom. The topological polar surface area (TPSA) is 55.1 Å². The molecule has 0 aliphatic carbocycles. The minimum Gasteiger partial charge on any atom is -0.330 e. The minimum atomic E-state index is -0.149. The molecule has 3 nitrogen and oxygen atoms in total. The van der Waals surface area contributed by atoms with E-state index in [0.717, 1.165) is 23.2 Å². The van der Waals surface area contributed by atoms with Crippen molar-refractivity contribution in [1.29, 1.82) is 0 Å². The minimum absolute atomic E-state index is 0.00787. The highest BCUT2D eigenvalue weighted by atomic mass is 16.1. The summed E-state index contributed by atoms with van der Waals surface area (Å²) in [6.45, 7) is 6.29. The standard InChI is InChI=1S/C13H20N2O/c1-4-11-7-5-6-9(2)12(11)15-13(16)10(3)8-14/h5-7,10H,4,8,14H2,1-3H3,(H,15,16). The third-order valence-electron chi connectivity index (χ3n) is 2.79. The summed E-state index contributed by atoms with van der Waals surface area (Å²) in [6.07, 6.45) is 0.911. The Morgan fingerprint density at radius 2 is 2.19 bits per heavy atom. The number of aryl methyl sites for hydroxylation is 2. The Morgan fingerprint density at radius 3 is 2.75 bits per heavy atom. The monoisotopic (exact) mass is 220 g/mol. The second-order valence-corrected chi connectivity index (χ2v) is 4.09. The highest BCUT2D eigenvalue weighted by Gasteiger charge is 2.13. The van der Waals surface area contributed by atoms with Crippen LogP contribution in [0.2, 0.25) is 0 Å².